The quantitative estimate of drug-likeness (QED) is 0.682. The third-order valence-electron chi connectivity index (χ3n) is 6.43. The highest BCUT2D eigenvalue weighted by Gasteiger charge is 2.40. The van der Waals surface area contributed by atoms with E-state index in [4.69, 9.17) is 11.6 Å². The van der Waals surface area contributed by atoms with Crippen molar-refractivity contribution in [3.05, 3.63) is 64.2 Å². The zero-order valence-electron chi connectivity index (χ0n) is 17.8. The Morgan fingerprint density at radius 1 is 1.10 bits per heavy atom. The zero-order valence-corrected chi connectivity index (χ0v) is 19.4. The van der Waals surface area contributed by atoms with Crippen LogP contribution >= 0.6 is 11.6 Å². The Kier molecular flexibility index (Phi) is 6.70. The summed E-state index contributed by atoms with van der Waals surface area (Å²) in [5, 5.41) is 3.61. The van der Waals surface area contributed by atoms with E-state index in [1.165, 1.54) is 40.4 Å². The summed E-state index contributed by atoms with van der Waals surface area (Å²) in [6.07, 6.45) is 6.60. The molecule has 31 heavy (non-hydrogen) atoms. The van der Waals surface area contributed by atoms with Crippen molar-refractivity contribution in [1.82, 2.24) is 9.62 Å². The predicted molar refractivity (Wildman–Crippen MR) is 123 cm³/mol. The van der Waals surface area contributed by atoms with Crippen LogP contribution in [-0.4, -0.2) is 31.2 Å². The Morgan fingerprint density at radius 2 is 1.81 bits per heavy atom. The molecule has 2 aliphatic rings. The number of benzene rings is 2. The minimum absolute atomic E-state index is 0.125. The number of hydrogen-bond donors (Lipinski definition) is 1. The van der Waals surface area contributed by atoms with Crippen molar-refractivity contribution in [2.24, 2.45) is 0 Å². The predicted octanol–water partition coefficient (Wildman–Crippen LogP) is 4.64. The summed E-state index contributed by atoms with van der Waals surface area (Å²) >= 11 is 5.90. The van der Waals surface area contributed by atoms with E-state index in [2.05, 4.69) is 23.5 Å². The van der Waals surface area contributed by atoms with Gasteiger partial charge in [-0.05, 0) is 85.9 Å². The summed E-state index contributed by atoms with van der Waals surface area (Å²) in [7, 11) is -3.76. The molecule has 2 aromatic rings. The lowest BCUT2D eigenvalue weighted by Gasteiger charge is -2.27. The molecule has 0 unspecified atom stereocenters. The Bertz CT molecular complexity index is 1050. The first-order chi connectivity index (χ1) is 14.9. The van der Waals surface area contributed by atoms with E-state index in [-0.39, 0.29) is 16.8 Å². The Hall–Kier alpha value is -1.89. The number of aryl methyl sites for hydroxylation is 2. The molecule has 166 valence electrons. The van der Waals surface area contributed by atoms with Crippen LogP contribution in [0, 0.1) is 0 Å². The van der Waals surface area contributed by atoms with Crippen LogP contribution in [0.4, 0.5) is 0 Å². The van der Waals surface area contributed by atoms with Gasteiger partial charge in [0.2, 0.25) is 15.9 Å². The number of sulfonamides is 1. The van der Waals surface area contributed by atoms with Gasteiger partial charge < -0.3 is 5.32 Å². The average Bonchev–Trinajstić information content (AvgIpc) is 3.28. The normalized spacial score (nSPS) is 20.3. The fourth-order valence-electron chi connectivity index (χ4n) is 4.69. The second-order valence-electron chi connectivity index (χ2n) is 8.43. The first kappa shape index (κ1) is 22.3. The van der Waals surface area contributed by atoms with Crippen LogP contribution in [0.15, 0.2) is 47.4 Å². The van der Waals surface area contributed by atoms with Crippen LogP contribution in [0.1, 0.15) is 61.8 Å². The summed E-state index contributed by atoms with van der Waals surface area (Å²) in [5.74, 6) is -0.223. The molecule has 2 atom stereocenters. The minimum atomic E-state index is -3.76. The van der Waals surface area contributed by atoms with Gasteiger partial charge in [0.15, 0.2) is 0 Å². The molecule has 1 saturated heterocycles. The summed E-state index contributed by atoms with van der Waals surface area (Å²) < 4.78 is 27.6. The number of fused-ring (bicyclic) bond motifs is 1. The topological polar surface area (TPSA) is 66.5 Å². The average molecular weight is 461 g/mol. The summed E-state index contributed by atoms with van der Waals surface area (Å²) in [6.45, 7) is 2.39. The second-order valence-corrected chi connectivity index (χ2v) is 10.8. The molecule has 0 saturated carbocycles. The van der Waals surface area contributed by atoms with Crippen LogP contribution < -0.4 is 5.32 Å². The van der Waals surface area contributed by atoms with E-state index in [9.17, 15) is 13.2 Å². The van der Waals surface area contributed by atoms with Crippen molar-refractivity contribution in [1.29, 1.82) is 0 Å². The van der Waals surface area contributed by atoms with Crippen LogP contribution in [0.2, 0.25) is 5.02 Å². The summed E-state index contributed by atoms with van der Waals surface area (Å²) in [6, 6.07) is 11.8. The lowest BCUT2D eigenvalue weighted by atomic mass is 9.88. The Balaban J connectivity index is 1.52. The van der Waals surface area contributed by atoms with Gasteiger partial charge in [0.05, 0.1) is 10.9 Å². The number of amides is 1. The van der Waals surface area contributed by atoms with Crippen LogP contribution in [0.25, 0.3) is 0 Å². The van der Waals surface area contributed by atoms with Crippen LogP contribution in [0.3, 0.4) is 0 Å². The molecular formula is C24H29ClN2O3S. The van der Waals surface area contributed by atoms with Crippen molar-refractivity contribution in [2.45, 2.75) is 68.8 Å². The number of nitrogens with one attached hydrogen (secondary N) is 1. The summed E-state index contributed by atoms with van der Waals surface area (Å²) in [4.78, 5) is 13.3. The van der Waals surface area contributed by atoms with Crippen LogP contribution in [-0.2, 0) is 27.7 Å². The highest BCUT2D eigenvalue weighted by atomic mass is 35.5. The van der Waals surface area contributed by atoms with Gasteiger partial charge in [-0.15, -0.1) is 0 Å². The molecule has 1 N–H and O–H groups in total. The molecule has 2 aromatic carbocycles. The second kappa shape index (κ2) is 9.31. The molecule has 1 aliphatic heterocycles. The van der Waals surface area contributed by atoms with E-state index in [0.29, 0.717) is 24.4 Å². The molecule has 7 heteroatoms. The minimum Gasteiger partial charge on any atom is -0.348 e. The lowest BCUT2D eigenvalue weighted by molar-refractivity contribution is -0.125. The van der Waals surface area contributed by atoms with E-state index in [0.717, 1.165) is 24.8 Å². The first-order valence-electron chi connectivity index (χ1n) is 11.1. The number of carbonyl (C=O) groups excluding carboxylic acids is 1. The molecule has 0 aromatic heterocycles. The number of nitrogens with zero attached hydrogens (tertiary/aromatic N) is 1. The first-order valence-corrected chi connectivity index (χ1v) is 12.9. The van der Waals surface area contributed by atoms with Gasteiger partial charge in [0.1, 0.15) is 6.04 Å². The monoisotopic (exact) mass is 460 g/mol. The standard InChI is InChI=1S/C24H29ClN2O3S/c1-2-22(19-10-9-17-6-3-4-7-18(17)16-19)26-24(28)23-8-5-15-27(23)31(29,30)21-13-11-20(25)12-14-21/h9-14,16,22-23H,2-8,15H2,1H3,(H,26,28)/t22-,23+/m0/s1. The van der Waals surface area contributed by atoms with Gasteiger partial charge in [-0.3, -0.25) is 4.79 Å². The number of hydrogen-bond acceptors (Lipinski definition) is 3. The molecule has 1 heterocycles. The van der Waals surface area contributed by atoms with Gasteiger partial charge in [-0.1, -0.05) is 36.7 Å². The molecule has 0 radical (unpaired) electrons. The fourth-order valence-corrected chi connectivity index (χ4v) is 6.47. The van der Waals surface area contributed by atoms with Crippen molar-refractivity contribution in [3.8, 4) is 0 Å². The van der Waals surface area contributed by atoms with Gasteiger partial charge in [0, 0.05) is 11.6 Å². The maximum atomic E-state index is 13.2. The third-order valence-corrected chi connectivity index (χ3v) is 8.60. The number of rotatable bonds is 6. The molecule has 4 rings (SSSR count). The van der Waals surface area contributed by atoms with E-state index < -0.39 is 16.1 Å². The molecule has 1 fully saturated rings. The van der Waals surface area contributed by atoms with Crippen LogP contribution in [0.5, 0.6) is 0 Å². The Labute approximate surface area is 189 Å². The third kappa shape index (κ3) is 4.66. The SMILES string of the molecule is CC[C@H](NC(=O)[C@H]1CCCN1S(=O)(=O)c1ccc(Cl)cc1)c1ccc2c(c1)CCCC2. The van der Waals surface area contributed by atoms with Crippen molar-refractivity contribution in [2.75, 3.05) is 6.54 Å². The molecule has 0 spiro atoms. The maximum absolute atomic E-state index is 13.2. The van der Waals surface area contributed by atoms with Crippen molar-refractivity contribution < 1.29 is 13.2 Å². The Morgan fingerprint density at radius 3 is 2.52 bits per heavy atom. The van der Waals surface area contributed by atoms with Crippen molar-refractivity contribution >= 4 is 27.5 Å². The largest absolute Gasteiger partial charge is 0.348 e. The van der Waals surface area contributed by atoms with Gasteiger partial charge in [-0.25, -0.2) is 8.42 Å². The fraction of sp³-hybridized carbons (Fsp3) is 0.458. The van der Waals surface area contributed by atoms with E-state index >= 15 is 0 Å². The van der Waals surface area contributed by atoms with Gasteiger partial charge in [-0.2, -0.15) is 4.31 Å². The molecule has 1 aliphatic carbocycles. The zero-order chi connectivity index (χ0) is 22.0. The van der Waals surface area contributed by atoms with E-state index in [1.807, 2.05) is 6.92 Å². The molecule has 0 bridgehead atoms. The highest BCUT2D eigenvalue weighted by molar-refractivity contribution is 7.89. The highest BCUT2D eigenvalue weighted by Crippen LogP contribution is 2.29. The maximum Gasteiger partial charge on any atom is 0.243 e. The molecular weight excluding hydrogens is 432 g/mol. The molecule has 1 amide bonds. The van der Waals surface area contributed by atoms with Crippen molar-refractivity contribution in [3.63, 3.8) is 0 Å². The smallest absolute Gasteiger partial charge is 0.243 e. The summed E-state index contributed by atoms with van der Waals surface area (Å²) in [5.41, 5.74) is 3.89. The van der Waals surface area contributed by atoms with Gasteiger partial charge in [0.25, 0.3) is 0 Å². The lowest BCUT2D eigenvalue weighted by Crippen LogP contribution is -2.46. The number of halogens is 1. The molecule has 5 nitrogen and oxygen atoms in total. The van der Waals surface area contributed by atoms with Gasteiger partial charge >= 0.3 is 0 Å². The van der Waals surface area contributed by atoms with E-state index in [1.54, 1.807) is 12.1 Å². The number of carbonyl (C=O) groups is 1.